The lowest BCUT2D eigenvalue weighted by atomic mass is 9.96. The lowest BCUT2D eigenvalue weighted by Crippen LogP contribution is -2.45. The molecule has 0 saturated heterocycles. The molecule has 1 aliphatic heterocycles. The number of carboxylic acid groups (broad SMARTS) is 1. The van der Waals surface area contributed by atoms with Gasteiger partial charge in [0.15, 0.2) is 0 Å². The highest BCUT2D eigenvalue weighted by Crippen LogP contribution is 2.35. The molecular weight excluding hydrogens is 575 g/mol. The van der Waals surface area contributed by atoms with Crippen LogP contribution < -0.4 is 16.1 Å². The van der Waals surface area contributed by atoms with E-state index in [1.165, 1.54) is 0 Å². The molecule has 0 saturated carbocycles. The normalized spacial score (nSPS) is 14.5. The number of aliphatic imine (C=N–C) groups is 1. The number of aromatic amines is 1. The third kappa shape index (κ3) is 6.68. The molecule has 2 amide bonds. The number of halogens is 2. The minimum absolute atomic E-state index is 0.000803. The molecule has 41 heavy (non-hydrogen) atoms. The van der Waals surface area contributed by atoms with Crippen molar-refractivity contribution in [3.05, 3.63) is 74.3 Å². The fraction of sp³-hybridized carbons (Fsp3) is 0.308. The molecule has 4 rings (SSSR count). The number of hydrogen-bond acceptors (Lipinski definition) is 6. The molecule has 0 aliphatic carbocycles. The second-order valence-electron chi connectivity index (χ2n) is 9.34. The van der Waals surface area contributed by atoms with E-state index in [9.17, 15) is 24.6 Å². The van der Waals surface area contributed by atoms with Gasteiger partial charge in [0.2, 0.25) is 0 Å². The lowest BCUT2D eigenvalue weighted by Gasteiger charge is -2.30. The number of H-pyrrole nitrogens is 1. The number of guanidine groups is 1. The second kappa shape index (κ2) is 12.9. The maximum absolute atomic E-state index is 13.2. The number of fused-ring (bicyclic) bond motifs is 2. The molecule has 1 aromatic heterocycles. The molecule has 6 N–H and O–H groups in total. The third-order valence-corrected chi connectivity index (χ3v) is 7.18. The van der Waals surface area contributed by atoms with E-state index in [1.54, 1.807) is 36.2 Å². The van der Waals surface area contributed by atoms with E-state index in [2.05, 4.69) is 36.2 Å². The molecule has 0 fully saturated rings. The van der Waals surface area contributed by atoms with Gasteiger partial charge in [0.05, 0.1) is 40.5 Å². The molecule has 0 spiro atoms. The first-order chi connectivity index (χ1) is 19.6. The molecule has 3 aromatic rings. The number of benzene rings is 2. The number of amides is 2. The Bertz CT molecular complexity index is 1570. The molecule has 0 radical (unpaired) electrons. The third-order valence-electron chi connectivity index (χ3n) is 6.46. The van der Waals surface area contributed by atoms with E-state index < -0.39 is 30.5 Å². The van der Waals surface area contributed by atoms with E-state index in [4.69, 9.17) is 29.8 Å². The van der Waals surface area contributed by atoms with Crippen molar-refractivity contribution in [1.29, 1.82) is 0 Å². The Morgan fingerprint density at radius 2 is 2.05 bits per heavy atom. The van der Waals surface area contributed by atoms with E-state index in [-0.39, 0.29) is 40.6 Å². The van der Waals surface area contributed by atoms with Crippen molar-refractivity contribution in [3.8, 4) is 0 Å². The number of carbonyl (C=O) groups excluding carboxylic acids is 2. The van der Waals surface area contributed by atoms with Gasteiger partial charge < -0.3 is 25.7 Å². The smallest absolute Gasteiger partial charge is 0.328 e. The quantitative estimate of drug-likeness (QED) is 0.0983. The Morgan fingerprint density at radius 1 is 1.27 bits per heavy atom. The molecular formula is C26H26Cl2N8O5. The summed E-state index contributed by atoms with van der Waals surface area (Å²) in [5.74, 6) is -2.42. The number of carboxylic acids is 1. The molecule has 2 heterocycles. The zero-order chi connectivity index (χ0) is 29.7. The van der Waals surface area contributed by atoms with Crippen LogP contribution in [0.25, 0.3) is 15.9 Å². The topological polar surface area (TPSA) is 176 Å². The summed E-state index contributed by atoms with van der Waals surface area (Å²) in [6, 6.07) is 4.91. The first-order valence-electron chi connectivity index (χ1n) is 12.4. The van der Waals surface area contributed by atoms with Crippen molar-refractivity contribution in [2.75, 3.05) is 19.7 Å². The number of aliphatic hydroxyl groups is 1. The van der Waals surface area contributed by atoms with Gasteiger partial charge in [-0.1, -0.05) is 34.7 Å². The average Bonchev–Trinajstić information content (AvgIpc) is 3.42. The van der Waals surface area contributed by atoms with Crippen LogP contribution in [0.5, 0.6) is 0 Å². The maximum atomic E-state index is 13.2. The number of aliphatic carboxylic acids is 1. The highest BCUT2D eigenvalue weighted by molar-refractivity contribution is 6.40. The Kier molecular flexibility index (Phi) is 9.28. The number of rotatable bonds is 8. The first kappa shape index (κ1) is 29.6. The zero-order valence-electron chi connectivity index (χ0n) is 21.7. The molecule has 0 bridgehead atoms. The fourth-order valence-corrected chi connectivity index (χ4v) is 5.09. The number of aliphatic hydroxyl groups excluding tert-OH is 1. The first-order valence-corrected chi connectivity index (χ1v) is 13.2. The predicted octanol–water partition coefficient (Wildman–Crippen LogP) is 2.00. The van der Waals surface area contributed by atoms with E-state index in [0.717, 1.165) is 10.9 Å². The van der Waals surface area contributed by atoms with Crippen molar-refractivity contribution in [3.63, 3.8) is 0 Å². The summed E-state index contributed by atoms with van der Waals surface area (Å²) < 4.78 is 0. The van der Waals surface area contributed by atoms with Crippen LogP contribution in [0.4, 0.5) is 0 Å². The van der Waals surface area contributed by atoms with Crippen LogP contribution in [0.2, 0.25) is 10.0 Å². The van der Waals surface area contributed by atoms with Crippen LogP contribution >= 0.6 is 23.2 Å². The van der Waals surface area contributed by atoms with Crippen molar-refractivity contribution >= 4 is 57.8 Å². The molecule has 2 aromatic carbocycles. The summed E-state index contributed by atoms with van der Waals surface area (Å²) in [5.41, 5.74) is 4.73. The van der Waals surface area contributed by atoms with Crippen LogP contribution in [-0.2, 0) is 17.8 Å². The van der Waals surface area contributed by atoms with Gasteiger partial charge in [-0.15, -0.1) is 0 Å². The molecule has 214 valence electrons. The number of hydrogen-bond donors (Lipinski definition) is 6. The van der Waals surface area contributed by atoms with Gasteiger partial charge in [-0.3, -0.25) is 14.7 Å². The summed E-state index contributed by atoms with van der Waals surface area (Å²) in [4.78, 5) is 46.9. The Hall–Kier alpha value is -4.38. The summed E-state index contributed by atoms with van der Waals surface area (Å²) in [6.45, 7) is 8.47. The maximum Gasteiger partial charge on any atom is 0.328 e. The largest absolute Gasteiger partial charge is 0.480 e. The number of carbonyl (C=O) groups is 3. The van der Waals surface area contributed by atoms with Crippen molar-refractivity contribution in [2.45, 2.75) is 32.0 Å². The molecule has 2 atom stereocenters. The van der Waals surface area contributed by atoms with Gasteiger partial charge in [0.1, 0.15) is 6.04 Å². The van der Waals surface area contributed by atoms with Gasteiger partial charge in [-0.25, -0.2) is 9.79 Å². The zero-order valence-corrected chi connectivity index (χ0v) is 23.3. The van der Waals surface area contributed by atoms with Gasteiger partial charge in [0, 0.05) is 30.1 Å². The molecule has 13 nitrogen and oxygen atoms in total. The standard InChI is InChI=1S/C26H26Cl2N8O5/c1-13(12-37)32-26(35-29-2)30-10-20(25(40)41)33-23(38)21-18(27)7-16-11-36(6-5-17(16)22(21)28)24(39)14-3-4-15-9-31-34-19(15)8-14/h3-4,7-9,13,20,37H,5-6,10-12H2,1H3,(H,31,34)(H,33,38)(H,40,41)(H2,30,32,35)/t13-,20+/m1/s1. The van der Waals surface area contributed by atoms with Crippen LogP contribution in [-0.4, -0.2) is 80.8 Å². The summed E-state index contributed by atoms with van der Waals surface area (Å²) in [7, 11) is 0. The average molecular weight is 601 g/mol. The monoisotopic (exact) mass is 600 g/mol. The number of nitrogens with zero attached hydrogens (tertiary/aromatic N) is 4. The molecule has 1 aliphatic rings. The van der Waals surface area contributed by atoms with E-state index >= 15 is 0 Å². The summed E-state index contributed by atoms with van der Waals surface area (Å²) in [6.07, 6.45) is 2.03. The lowest BCUT2D eigenvalue weighted by molar-refractivity contribution is -0.138. The highest BCUT2D eigenvalue weighted by Gasteiger charge is 2.30. The van der Waals surface area contributed by atoms with Crippen molar-refractivity contribution in [2.24, 2.45) is 4.99 Å². The summed E-state index contributed by atoms with van der Waals surface area (Å²) in [5, 5.41) is 31.8. The van der Waals surface area contributed by atoms with Crippen LogP contribution in [0, 0.1) is 6.57 Å². The van der Waals surface area contributed by atoms with E-state index in [0.29, 0.717) is 29.7 Å². The SMILES string of the molecule is [C-]#[N+]NC(=NC[C@H](NC(=O)c1c(Cl)cc2c(c1Cl)CCN(C(=O)c1ccc3cn[nH]c3c1)C2)C(=O)O)N[C@H](C)CO. The van der Waals surface area contributed by atoms with Crippen molar-refractivity contribution < 1.29 is 24.6 Å². The Morgan fingerprint density at radius 3 is 2.76 bits per heavy atom. The predicted molar refractivity (Wildman–Crippen MR) is 152 cm³/mol. The number of nitrogens with one attached hydrogen (secondary N) is 4. The van der Waals surface area contributed by atoms with E-state index in [1.807, 2.05) is 6.07 Å². The van der Waals surface area contributed by atoms with Gasteiger partial charge in [-0.2, -0.15) is 16.6 Å². The van der Waals surface area contributed by atoms with Crippen molar-refractivity contribution in [1.82, 2.24) is 31.2 Å². The van der Waals surface area contributed by atoms with Gasteiger partial charge in [-0.05, 0) is 42.7 Å². The Balaban J connectivity index is 1.50. The number of aromatic nitrogens is 2. The minimum Gasteiger partial charge on any atom is -0.480 e. The van der Waals surface area contributed by atoms with Gasteiger partial charge >= 0.3 is 5.97 Å². The Labute approximate surface area is 244 Å². The molecule has 15 heteroatoms. The minimum atomic E-state index is -1.47. The van der Waals surface area contributed by atoms with Crippen LogP contribution in [0.15, 0.2) is 35.5 Å². The van der Waals surface area contributed by atoms with Crippen LogP contribution in [0.1, 0.15) is 38.8 Å². The fourth-order valence-electron chi connectivity index (χ4n) is 4.33. The van der Waals surface area contributed by atoms with Crippen LogP contribution in [0.3, 0.4) is 0 Å². The summed E-state index contributed by atoms with van der Waals surface area (Å²) >= 11 is 13.1. The highest BCUT2D eigenvalue weighted by atomic mass is 35.5. The van der Waals surface area contributed by atoms with Gasteiger partial charge in [0.25, 0.3) is 17.8 Å². The molecule has 0 unspecified atom stereocenters. The second-order valence-corrected chi connectivity index (χ2v) is 10.1.